The summed E-state index contributed by atoms with van der Waals surface area (Å²) in [5.74, 6) is 0.885. The van der Waals surface area contributed by atoms with Gasteiger partial charge >= 0.3 is 0 Å². The number of nitrogens with one attached hydrogen (secondary N) is 1. The van der Waals surface area contributed by atoms with E-state index in [-0.39, 0.29) is 23.7 Å². The van der Waals surface area contributed by atoms with Crippen LogP contribution in [0.2, 0.25) is 0 Å². The van der Waals surface area contributed by atoms with E-state index in [9.17, 15) is 0 Å². The van der Waals surface area contributed by atoms with Gasteiger partial charge in [-0.3, -0.25) is 0 Å². The quantitative estimate of drug-likeness (QED) is 0.857. The highest BCUT2D eigenvalue weighted by molar-refractivity contribution is 5.59. The zero-order chi connectivity index (χ0) is 16.0. The molecule has 0 aliphatic carbocycles. The molecule has 0 bridgehead atoms. The van der Waals surface area contributed by atoms with Crippen molar-refractivity contribution in [1.82, 2.24) is 0 Å². The van der Waals surface area contributed by atoms with Gasteiger partial charge in [0.2, 0.25) is 0 Å². The summed E-state index contributed by atoms with van der Waals surface area (Å²) in [4.78, 5) is 0. The SMILES string of the molecule is CC(C)(C)c1ccc2c(c1)[C@H]1OCCOC1[C@H](c1ccco1)N2. The summed E-state index contributed by atoms with van der Waals surface area (Å²) in [6.45, 7) is 7.94. The van der Waals surface area contributed by atoms with E-state index in [1.54, 1.807) is 6.26 Å². The molecule has 3 atom stereocenters. The number of hydrogen-bond donors (Lipinski definition) is 1. The Morgan fingerprint density at radius 2 is 1.91 bits per heavy atom. The summed E-state index contributed by atoms with van der Waals surface area (Å²) in [6.07, 6.45) is 1.57. The van der Waals surface area contributed by atoms with Gasteiger partial charge in [0.05, 0.1) is 19.5 Å². The lowest BCUT2D eigenvalue weighted by atomic mass is 9.82. The molecule has 2 aliphatic rings. The standard InChI is InChI=1S/C19H23NO3/c1-19(2,3)12-6-7-14-13(11-12)17-18(23-10-9-22-17)16(20-14)15-5-4-8-21-15/h4-8,11,16-18,20H,9-10H2,1-3H3/t16-,17+,18?/m0/s1. The Kier molecular flexibility index (Phi) is 3.47. The Balaban J connectivity index is 1.78. The van der Waals surface area contributed by atoms with Crippen molar-refractivity contribution in [3.05, 3.63) is 53.5 Å². The van der Waals surface area contributed by atoms with Crippen molar-refractivity contribution in [2.75, 3.05) is 18.5 Å². The number of benzene rings is 1. The van der Waals surface area contributed by atoms with Crippen LogP contribution in [0.4, 0.5) is 5.69 Å². The third-order valence-electron chi connectivity index (χ3n) is 4.70. The van der Waals surface area contributed by atoms with Crippen LogP contribution < -0.4 is 5.32 Å². The zero-order valence-electron chi connectivity index (χ0n) is 13.8. The summed E-state index contributed by atoms with van der Waals surface area (Å²) in [7, 11) is 0. The molecule has 23 heavy (non-hydrogen) atoms. The van der Waals surface area contributed by atoms with Gasteiger partial charge in [0.25, 0.3) is 0 Å². The smallest absolute Gasteiger partial charge is 0.128 e. The van der Waals surface area contributed by atoms with E-state index in [4.69, 9.17) is 13.9 Å². The van der Waals surface area contributed by atoms with Crippen LogP contribution in [0.5, 0.6) is 0 Å². The molecule has 4 heteroatoms. The first-order valence-electron chi connectivity index (χ1n) is 8.21. The maximum Gasteiger partial charge on any atom is 0.128 e. The number of hydrogen-bond acceptors (Lipinski definition) is 4. The van der Waals surface area contributed by atoms with Gasteiger partial charge in [-0.25, -0.2) is 0 Å². The Morgan fingerprint density at radius 3 is 2.65 bits per heavy atom. The number of ether oxygens (including phenoxy) is 2. The fourth-order valence-electron chi connectivity index (χ4n) is 3.43. The van der Waals surface area contributed by atoms with E-state index < -0.39 is 0 Å². The summed E-state index contributed by atoms with van der Waals surface area (Å²) in [5.41, 5.74) is 3.70. The topological polar surface area (TPSA) is 43.6 Å². The van der Waals surface area contributed by atoms with Gasteiger partial charge in [-0.15, -0.1) is 0 Å². The molecule has 4 rings (SSSR count). The van der Waals surface area contributed by atoms with Gasteiger partial charge in [-0.2, -0.15) is 0 Å². The lowest BCUT2D eigenvalue weighted by molar-refractivity contribution is -0.152. The lowest BCUT2D eigenvalue weighted by Gasteiger charge is -2.42. The third kappa shape index (κ3) is 2.56. The average Bonchev–Trinajstić information content (AvgIpc) is 3.07. The van der Waals surface area contributed by atoms with Crippen LogP contribution in [0.15, 0.2) is 41.0 Å². The van der Waals surface area contributed by atoms with Crippen LogP contribution in [0.25, 0.3) is 0 Å². The molecule has 1 unspecified atom stereocenters. The van der Waals surface area contributed by atoms with Gasteiger partial charge in [0.1, 0.15) is 24.0 Å². The van der Waals surface area contributed by atoms with Gasteiger partial charge in [-0.05, 0) is 29.2 Å². The Bertz CT molecular complexity index is 687. The number of anilines is 1. The molecule has 0 radical (unpaired) electrons. The molecule has 1 N–H and O–H groups in total. The van der Waals surface area contributed by atoms with Crippen molar-refractivity contribution < 1.29 is 13.9 Å². The van der Waals surface area contributed by atoms with E-state index in [1.807, 2.05) is 12.1 Å². The second kappa shape index (κ2) is 5.39. The fourth-order valence-corrected chi connectivity index (χ4v) is 3.43. The van der Waals surface area contributed by atoms with Gasteiger partial charge < -0.3 is 19.2 Å². The molecule has 1 aromatic carbocycles. The van der Waals surface area contributed by atoms with E-state index in [1.165, 1.54) is 11.1 Å². The van der Waals surface area contributed by atoms with Crippen LogP contribution in [0, 0.1) is 0 Å². The van der Waals surface area contributed by atoms with Crippen molar-refractivity contribution in [2.24, 2.45) is 0 Å². The van der Waals surface area contributed by atoms with Gasteiger partial charge in [0, 0.05) is 11.3 Å². The Hall–Kier alpha value is -1.78. The molecule has 2 aromatic rings. The van der Waals surface area contributed by atoms with Crippen LogP contribution in [-0.2, 0) is 14.9 Å². The van der Waals surface area contributed by atoms with E-state index in [0.29, 0.717) is 13.2 Å². The molecular formula is C19H23NO3. The molecule has 4 nitrogen and oxygen atoms in total. The van der Waals surface area contributed by atoms with E-state index in [0.717, 1.165) is 11.4 Å². The van der Waals surface area contributed by atoms with E-state index >= 15 is 0 Å². The van der Waals surface area contributed by atoms with Crippen LogP contribution in [0.1, 0.15) is 49.8 Å². The lowest BCUT2D eigenvalue weighted by Crippen LogP contribution is -2.43. The fraction of sp³-hybridized carbons (Fsp3) is 0.474. The van der Waals surface area contributed by atoms with Crippen molar-refractivity contribution in [3.63, 3.8) is 0 Å². The predicted molar refractivity (Wildman–Crippen MR) is 88.6 cm³/mol. The second-order valence-electron chi connectivity index (χ2n) is 7.32. The number of furan rings is 1. The van der Waals surface area contributed by atoms with E-state index in [2.05, 4.69) is 44.3 Å². The largest absolute Gasteiger partial charge is 0.467 e. The minimum Gasteiger partial charge on any atom is -0.467 e. The van der Waals surface area contributed by atoms with Crippen LogP contribution in [-0.4, -0.2) is 19.3 Å². The first kappa shape index (κ1) is 14.8. The minimum atomic E-state index is -0.0716. The molecule has 0 saturated carbocycles. The Morgan fingerprint density at radius 1 is 1.09 bits per heavy atom. The highest BCUT2D eigenvalue weighted by Gasteiger charge is 2.42. The molecule has 0 amide bonds. The zero-order valence-corrected chi connectivity index (χ0v) is 13.8. The van der Waals surface area contributed by atoms with Gasteiger partial charge in [-0.1, -0.05) is 32.9 Å². The average molecular weight is 313 g/mol. The highest BCUT2D eigenvalue weighted by Crippen LogP contribution is 2.45. The van der Waals surface area contributed by atoms with Crippen molar-refractivity contribution in [1.29, 1.82) is 0 Å². The van der Waals surface area contributed by atoms with Gasteiger partial charge in [0.15, 0.2) is 0 Å². The molecule has 1 aromatic heterocycles. The molecule has 2 aliphatic heterocycles. The van der Waals surface area contributed by atoms with Crippen LogP contribution in [0.3, 0.4) is 0 Å². The summed E-state index contributed by atoms with van der Waals surface area (Å²) in [5, 5.41) is 3.58. The second-order valence-corrected chi connectivity index (χ2v) is 7.32. The number of rotatable bonds is 1. The third-order valence-corrected chi connectivity index (χ3v) is 4.70. The minimum absolute atomic E-state index is 0.0247. The molecular weight excluding hydrogens is 290 g/mol. The number of fused-ring (bicyclic) bond motifs is 3. The Labute approximate surface area is 136 Å². The predicted octanol–water partition coefficient (Wildman–Crippen LogP) is 4.20. The maximum absolute atomic E-state index is 6.10. The monoisotopic (exact) mass is 313 g/mol. The first-order valence-corrected chi connectivity index (χ1v) is 8.21. The normalized spacial score (nSPS) is 27.0. The summed E-state index contributed by atoms with van der Waals surface area (Å²) < 4.78 is 17.8. The highest BCUT2D eigenvalue weighted by atomic mass is 16.6. The maximum atomic E-state index is 6.10. The van der Waals surface area contributed by atoms with Crippen molar-refractivity contribution in [2.45, 2.75) is 44.4 Å². The summed E-state index contributed by atoms with van der Waals surface area (Å²) in [6, 6.07) is 10.5. The molecule has 1 saturated heterocycles. The molecule has 0 spiro atoms. The van der Waals surface area contributed by atoms with Crippen molar-refractivity contribution in [3.8, 4) is 0 Å². The molecule has 122 valence electrons. The van der Waals surface area contributed by atoms with Crippen LogP contribution >= 0.6 is 0 Å². The summed E-state index contributed by atoms with van der Waals surface area (Å²) >= 11 is 0. The van der Waals surface area contributed by atoms with Crippen molar-refractivity contribution >= 4 is 5.69 Å². The molecule has 3 heterocycles. The first-order chi connectivity index (χ1) is 11.0. The molecule has 1 fully saturated rings.